The maximum absolute atomic E-state index is 12.4. The Balaban J connectivity index is 1.34. The number of aromatic nitrogens is 6. The van der Waals surface area contributed by atoms with E-state index in [1.54, 1.807) is 17.1 Å². The summed E-state index contributed by atoms with van der Waals surface area (Å²) in [6.07, 6.45) is 5.56. The van der Waals surface area contributed by atoms with Crippen LogP contribution in [0.15, 0.2) is 61.1 Å². The summed E-state index contributed by atoms with van der Waals surface area (Å²) in [4.78, 5) is 16.7. The van der Waals surface area contributed by atoms with Crippen molar-refractivity contribution in [2.24, 2.45) is 0 Å². The van der Waals surface area contributed by atoms with Crippen molar-refractivity contribution in [3.8, 4) is 17.2 Å². The molecular weight excluding hydrogens is 398 g/mol. The van der Waals surface area contributed by atoms with Crippen LogP contribution in [0.2, 0.25) is 0 Å². The normalized spacial score (nSPS) is 10.8. The first kappa shape index (κ1) is 19.7. The van der Waals surface area contributed by atoms with Crippen molar-refractivity contribution in [3.05, 3.63) is 77.0 Å². The molecule has 0 spiro atoms. The van der Waals surface area contributed by atoms with Crippen molar-refractivity contribution >= 4 is 18.1 Å². The molecule has 4 rings (SSSR count). The minimum absolute atomic E-state index is 0.0653. The van der Waals surface area contributed by atoms with Gasteiger partial charge in [0.25, 0.3) is 0 Å². The molecule has 0 saturated heterocycles. The van der Waals surface area contributed by atoms with Crippen LogP contribution in [-0.2, 0) is 17.9 Å². The van der Waals surface area contributed by atoms with Gasteiger partial charge in [-0.15, -0.1) is 0 Å². The Morgan fingerprint density at radius 3 is 2.87 bits per heavy atom. The third kappa shape index (κ3) is 4.52. The number of nitrogens with one attached hydrogen (secondary N) is 2. The highest BCUT2D eigenvalue weighted by molar-refractivity contribution is 7.71. The van der Waals surface area contributed by atoms with E-state index in [2.05, 4.69) is 25.6 Å². The van der Waals surface area contributed by atoms with E-state index < -0.39 is 0 Å². The number of hydrogen-bond acceptors (Lipinski definition) is 5. The maximum Gasteiger partial charge on any atom is 0.222 e. The summed E-state index contributed by atoms with van der Waals surface area (Å²) in [7, 11) is 0. The molecule has 1 amide bonds. The lowest BCUT2D eigenvalue weighted by Gasteiger charge is -2.09. The lowest BCUT2D eigenvalue weighted by molar-refractivity contribution is -0.121. The average molecular weight is 420 g/mol. The Bertz CT molecular complexity index is 1190. The van der Waals surface area contributed by atoms with E-state index in [9.17, 15) is 4.79 Å². The van der Waals surface area contributed by atoms with Crippen molar-refractivity contribution in [3.63, 3.8) is 0 Å². The molecule has 0 radical (unpaired) electrons. The predicted octanol–water partition coefficient (Wildman–Crippen LogP) is 3.20. The van der Waals surface area contributed by atoms with Crippen molar-refractivity contribution in [2.75, 3.05) is 0 Å². The van der Waals surface area contributed by atoms with Gasteiger partial charge in [-0.2, -0.15) is 10.2 Å². The van der Waals surface area contributed by atoms with Crippen LogP contribution < -0.4 is 5.32 Å². The maximum atomic E-state index is 12.4. The number of carbonyl (C=O) groups excluding carboxylic acids is 1. The zero-order valence-electron chi connectivity index (χ0n) is 16.4. The summed E-state index contributed by atoms with van der Waals surface area (Å²) in [6, 6.07) is 13.7. The number of benzene rings is 1. The highest BCUT2D eigenvalue weighted by Crippen LogP contribution is 2.18. The fourth-order valence-electron chi connectivity index (χ4n) is 3.09. The number of nitrogens with zero attached hydrogens (tertiary/aromatic N) is 5. The second-order valence-corrected chi connectivity index (χ2v) is 7.26. The molecule has 0 fully saturated rings. The molecule has 30 heavy (non-hydrogen) atoms. The zero-order chi connectivity index (χ0) is 20.9. The fraction of sp³-hybridized carbons (Fsp3) is 0.190. The van der Waals surface area contributed by atoms with E-state index in [1.165, 1.54) is 0 Å². The number of carbonyl (C=O) groups is 1. The first-order chi connectivity index (χ1) is 14.6. The fourth-order valence-corrected chi connectivity index (χ4v) is 3.32. The first-order valence-electron chi connectivity index (χ1n) is 9.54. The van der Waals surface area contributed by atoms with E-state index in [4.69, 9.17) is 12.2 Å². The van der Waals surface area contributed by atoms with E-state index >= 15 is 0 Å². The van der Waals surface area contributed by atoms with Gasteiger partial charge in [-0.25, -0.2) is 9.67 Å². The lowest BCUT2D eigenvalue weighted by atomic mass is 10.1. The molecule has 3 heterocycles. The van der Waals surface area contributed by atoms with Crippen molar-refractivity contribution in [2.45, 2.75) is 26.4 Å². The van der Waals surface area contributed by atoms with Gasteiger partial charge in [0.05, 0.1) is 0 Å². The molecular formula is C21H21N7OS. The standard InChI is InChI=1S/C21H21N7OS/c1-15-4-2-5-17(12-15)20-25-26-21(30)27(20)11-8-19(29)23-14-16-6-7-18(22-13-16)28-10-3-9-24-28/h2-7,9-10,12-13H,8,11,14H2,1H3,(H,23,29)(H,26,30). The molecule has 4 aromatic rings. The summed E-state index contributed by atoms with van der Waals surface area (Å²) in [6.45, 7) is 2.88. The highest BCUT2D eigenvalue weighted by atomic mass is 32.1. The van der Waals surface area contributed by atoms with Crippen molar-refractivity contribution < 1.29 is 4.79 Å². The van der Waals surface area contributed by atoms with Gasteiger partial charge in [0.15, 0.2) is 16.4 Å². The van der Waals surface area contributed by atoms with E-state index in [-0.39, 0.29) is 5.91 Å². The molecule has 152 valence electrons. The Labute approximate surface area is 178 Å². The number of amides is 1. The SMILES string of the molecule is Cc1cccc(-c2n[nH]c(=S)n2CCC(=O)NCc2ccc(-n3cccn3)nc2)c1. The van der Waals surface area contributed by atoms with Gasteiger partial charge >= 0.3 is 0 Å². The molecule has 0 bridgehead atoms. The van der Waals surface area contributed by atoms with Crippen LogP contribution in [0, 0.1) is 11.7 Å². The molecule has 0 unspecified atom stereocenters. The third-order valence-electron chi connectivity index (χ3n) is 4.63. The quantitative estimate of drug-likeness (QED) is 0.449. The number of rotatable bonds is 7. The largest absolute Gasteiger partial charge is 0.352 e. The van der Waals surface area contributed by atoms with Crippen molar-refractivity contribution in [1.82, 2.24) is 34.8 Å². The Morgan fingerprint density at radius 1 is 1.23 bits per heavy atom. The smallest absolute Gasteiger partial charge is 0.222 e. The molecule has 2 N–H and O–H groups in total. The molecule has 3 aromatic heterocycles. The van der Waals surface area contributed by atoms with Gasteiger partial charge in [-0.05, 0) is 42.9 Å². The molecule has 0 aliphatic carbocycles. The predicted molar refractivity (Wildman–Crippen MR) is 115 cm³/mol. The lowest BCUT2D eigenvalue weighted by Crippen LogP contribution is -2.24. The van der Waals surface area contributed by atoms with Crippen LogP contribution in [0.5, 0.6) is 0 Å². The highest BCUT2D eigenvalue weighted by Gasteiger charge is 2.11. The second kappa shape index (κ2) is 8.83. The Hall–Kier alpha value is -3.59. The minimum atomic E-state index is -0.0653. The molecule has 0 atom stereocenters. The van der Waals surface area contributed by atoms with E-state index in [0.29, 0.717) is 24.3 Å². The number of aromatic amines is 1. The summed E-state index contributed by atoms with van der Waals surface area (Å²) in [5, 5.41) is 14.2. The summed E-state index contributed by atoms with van der Waals surface area (Å²) < 4.78 is 4.03. The van der Waals surface area contributed by atoms with Gasteiger partial charge in [-0.1, -0.05) is 29.8 Å². The average Bonchev–Trinajstić information content (AvgIpc) is 3.41. The third-order valence-corrected chi connectivity index (χ3v) is 4.95. The van der Waals surface area contributed by atoms with Gasteiger partial charge in [0, 0.05) is 43.7 Å². The van der Waals surface area contributed by atoms with Crippen LogP contribution >= 0.6 is 12.2 Å². The van der Waals surface area contributed by atoms with Crippen LogP contribution in [0.1, 0.15) is 17.5 Å². The number of hydrogen-bond donors (Lipinski definition) is 2. The molecule has 9 heteroatoms. The van der Waals surface area contributed by atoms with Crippen LogP contribution in [-0.4, -0.2) is 35.4 Å². The number of aryl methyl sites for hydroxylation is 1. The van der Waals surface area contributed by atoms with Crippen LogP contribution in [0.3, 0.4) is 0 Å². The number of H-pyrrole nitrogens is 1. The summed E-state index contributed by atoms with van der Waals surface area (Å²) in [5.41, 5.74) is 3.02. The molecule has 0 aliphatic heterocycles. The Kier molecular flexibility index (Phi) is 5.80. The zero-order valence-corrected chi connectivity index (χ0v) is 17.3. The second-order valence-electron chi connectivity index (χ2n) is 6.88. The van der Waals surface area contributed by atoms with Gasteiger partial charge < -0.3 is 5.32 Å². The Morgan fingerprint density at radius 2 is 2.13 bits per heavy atom. The minimum Gasteiger partial charge on any atom is -0.352 e. The van der Waals surface area contributed by atoms with Gasteiger partial charge in [0.2, 0.25) is 5.91 Å². The topological polar surface area (TPSA) is 93.4 Å². The van der Waals surface area contributed by atoms with Crippen LogP contribution in [0.4, 0.5) is 0 Å². The van der Waals surface area contributed by atoms with E-state index in [1.807, 2.05) is 60.2 Å². The monoisotopic (exact) mass is 419 g/mol. The van der Waals surface area contributed by atoms with Crippen molar-refractivity contribution in [1.29, 1.82) is 0 Å². The van der Waals surface area contributed by atoms with E-state index in [0.717, 1.165) is 28.3 Å². The molecule has 1 aromatic carbocycles. The van der Waals surface area contributed by atoms with Crippen LogP contribution in [0.25, 0.3) is 17.2 Å². The molecule has 8 nitrogen and oxygen atoms in total. The number of pyridine rings is 1. The summed E-state index contributed by atoms with van der Waals surface area (Å²) in [5.74, 6) is 1.40. The van der Waals surface area contributed by atoms with Gasteiger partial charge in [-0.3, -0.25) is 14.5 Å². The summed E-state index contributed by atoms with van der Waals surface area (Å²) >= 11 is 5.34. The molecule has 0 saturated carbocycles. The van der Waals surface area contributed by atoms with Gasteiger partial charge in [0.1, 0.15) is 0 Å². The first-order valence-corrected chi connectivity index (χ1v) is 9.95. The molecule has 0 aliphatic rings.